The van der Waals surface area contributed by atoms with Crippen LogP contribution in [-0.2, 0) is 0 Å². The van der Waals surface area contributed by atoms with Crippen LogP contribution in [0, 0.1) is 6.92 Å². The summed E-state index contributed by atoms with van der Waals surface area (Å²) in [4.78, 5) is 17.0. The number of nitrogens with one attached hydrogen (secondary N) is 2. The number of aromatic amines is 1. The van der Waals surface area contributed by atoms with Crippen molar-refractivity contribution in [2.24, 2.45) is 0 Å². The molecule has 0 unspecified atom stereocenters. The number of fused-ring (bicyclic) bond motifs is 2. The Morgan fingerprint density at radius 2 is 1.81 bits per heavy atom. The number of methoxy groups -OCH3 is 2. The molecule has 0 spiro atoms. The summed E-state index contributed by atoms with van der Waals surface area (Å²) in [7, 11) is 3.24. The fourth-order valence-electron chi connectivity index (χ4n) is 3.60. The molecule has 0 bridgehead atoms. The molecule has 5 aromatic rings. The highest BCUT2D eigenvalue weighted by molar-refractivity contribution is 5.95. The molecular weight excluding hydrogens is 390 g/mol. The zero-order valence-corrected chi connectivity index (χ0v) is 17.4. The van der Waals surface area contributed by atoms with Crippen molar-refractivity contribution >= 4 is 33.4 Å². The van der Waals surface area contributed by atoms with Gasteiger partial charge in [0, 0.05) is 17.3 Å². The van der Waals surface area contributed by atoms with Gasteiger partial charge in [0.2, 0.25) is 0 Å². The van der Waals surface area contributed by atoms with Crippen molar-refractivity contribution in [1.82, 2.24) is 19.9 Å². The summed E-state index contributed by atoms with van der Waals surface area (Å²) in [5, 5.41) is 4.27. The smallest absolute Gasteiger partial charge is 0.148 e. The van der Waals surface area contributed by atoms with Crippen LogP contribution in [0.2, 0.25) is 0 Å². The minimum atomic E-state index is 0.632. The summed E-state index contributed by atoms with van der Waals surface area (Å²) < 4.78 is 10.9. The van der Waals surface area contributed by atoms with Crippen LogP contribution in [0.3, 0.4) is 0 Å². The number of benzene rings is 3. The Morgan fingerprint density at radius 1 is 0.935 bits per heavy atom. The molecule has 2 N–H and O–H groups in total. The first kappa shape index (κ1) is 18.9. The predicted octanol–water partition coefficient (Wildman–Crippen LogP) is 5.24. The third kappa shape index (κ3) is 3.40. The molecule has 0 saturated heterocycles. The molecule has 154 valence electrons. The third-order valence-corrected chi connectivity index (χ3v) is 5.29. The normalized spacial score (nSPS) is 11.1. The Balaban J connectivity index is 1.59. The van der Waals surface area contributed by atoms with Gasteiger partial charge in [-0.2, -0.15) is 0 Å². The van der Waals surface area contributed by atoms with Gasteiger partial charge in [0.1, 0.15) is 35.0 Å². The van der Waals surface area contributed by atoms with E-state index in [1.807, 2.05) is 36.4 Å². The zero-order chi connectivity index (χ0) is 21.4. The topological polar surface area (TPSA) is 84.9 Å². The quantitative estimate of drug-likeness (QED) is 0.411. The molecule has 0 atom stereocenters. The lowest BCUT2D eigenvalue weighted by Crippen LogP contribution is -2.00. The molecular formula is C24H21N5O2. The van der Waals surface area contributed by atoms with E-state index in [9.17, 15) is 0 Å². The number of hydrogen-bond acceptors (Lipinski definition) is 6. The number of imidazole rings is 1. The summed E-state index contributed by atoms with van der Waals surface area (Å²) in [6, 6.07) is 17.9. The van der Waals surface area contributed by atoms with Gasteiger partial charge < -0.3 is 19.8 Å². The van der Waals surface area contributed by atoms with Crippen molar-refractivity contribution in [1.29, 1.82) is 0 Å². The van der Waals surface area contributed by atoms with Gasteiger partial charge in [-0.3, -0.25) is 0 Å². The van der Waals surface area contributed by atoms with Crippen molar-refractivity contribution in [2.75, 3.05) is 19.5 Å². The van der Waals surface area contributed by atoms with Gasteiger partial charge in [-0.1, -0.05) is 24.3 Å². The van der Waals surface area contributed by atoms with Crippen molar-refractivity contribution in [2.45, 2.75) is 6.92 Å². The lowest BCUT2D eigenvalue weighted by Gasteiger charge is -2.14. The number of anilines is 2. The highest BCUT2D eigenvalue weighted by atomic mass is 16.5. The van der Waals surface area contributed by atoms with Gasteiger partial charge in [-0.05, 0) is 36.8 Å². The van der Waals surface area contributed by atoms with Crippen molar-refractivity contribution in [3.8, 4) is 22.9 Å². The van der Waals surface area contributed by atoms with E-state index >= 15 is 0 Å². The second-order valence-electron chi connectivity index (χ2n) is 7.21. The Hall–Kier alpha value is -4.13. The lowest BCUT2D eigenvalue weighted by atomic mass is 10.1. The number of H-pyrrole nitrogens is 1. The fourth-order valence-corrected chi connectivity index (χ4v) is 3.60. The van der Waals surface area contributed by atoms with Crippen LogP contribution in [-0.4, -0.2) is 34.2 Å². The van der Waals surface area contributed by atoms with Crippen LogP contribution in [0.15, 0.2) is 60.9 Å². The summed E-state index contributed by atoms with van der Waals surface area (Å²) in [5.41, 5.74) is 5.66. The molecule has 0 aliphatic heterocycles. The third-order valence-electron chi connectivity index (χ3n) is 5.29. The minimum Gasteiger partial charge on any atom is -0.497 e. The predicted molar refractivity (Wildman–Crippen MR) is 122 cm³/mol. The maximum Gasteiger partial charge on any atom is 0.148 e. The minimum absolute atomic E-state index is 0.632. The zero-order valence-electron chi connectivity index (χ0n) is 17.4. The number of hydrogen-bond donors (Lipinski definition) is 2. The van der Waals surface area contributed by atoms with Gasteiger partial charge in [-0.25, -0.2) is 15.0 Å². The molecule has 0 fully saturated rings. The molecule has 5 rings (SSSR count). The summed E-state index contributed by atoms with van der Waals surface area (Å²) in [6.07, 6.45) is 1.53. The monoisotopic (exact) mass is 411 g/mol. The molecule has 7 heteroatoms. The molecule has 3 aromatic carbocycles. The van der Waals surface area contributed by atoms with Gasteiger partial charge in [-0.15, -0.1) is 0 Å². The first-order chi connectivity index (χ1) is 15.2. The summed E-state index contributed by atoms with van der Waals surface area (Å²) in [6.45, 7) is 2.05. The van der Waals surface area contributed by atoms with E-state index < -0.39 is 0 Å². The van der Waals surface area contributed by atoms with Crippen molar-refractivity contribution < 1.29 is 9.47 Å². The van der Waals surface area contributed by atoms with Crippen LogP contribution >= 0.6 is 0 Å². The molecule has 0 saturated carbocycles. The highest BCUT2D eigenvalue weighted by Crippen LogP contribution is 2.35. The summed E-state index contributed by atoms with van der Waals surface area (Å²) >= 11 is 0. The summed E-state index contributed by atoms with van der Waals surface area (Å²) in [5.74, 6) is 2.80. The number of rotatable bonds is 5. The van der Waals surface area contributed by atoms with E-state index in [2.05, 4.69) is 45.4 Å². The van der Waals surface area contributed by atoms with E-state index in [1.165, 1.54) is 6.33 Å². The maximum absolute atomic E-state index is 5.49. The number of para-hydroxylation sites is 2. The Morgan fingerprint density at radius 3 is 2.61 bits per heavy atom. The van der Waals surface area contributed by atoms with Crippen LogP contribution in [0.25, 0.3) is 33.3 Å². The van der Waals surface area contributed by atoms with Gasteiger partial charge >= 0.3 is 0 Å². The first-order valence-corrected chi connectivity index (χ1v) is 9.86. The van der Waals surface area contributed by atoms with Crippen LogP contribution in [0.5, 0.6) is 11.5 Å². The number of aromatic nitrogens is 4. The number of ether oxygens (including phenoxy) is 2. The largest absolute Gasteiger partial charge is 0.497 e. The van der Waals surface area contributed by atoms with E-state index in [-0.39, 0.29) is 0 Å². The average molecular weight is 411 g/mol. The fraction of sp³-hybridized carbons (Fsp3) is 0.125. The Kier molecular flexibility index (Phi) is 4.63. The lowest BCUT2D eigenvalue weighted by molar-refractivity contribution is 0.397. The van der Waals surface area contributed by atoms with E-state index in [0.717, 1.165) is 39.1 Å². The standard InChI is InChI=1S/C24H21N5O2/c1-14-8-9-15(23-27-18-6-4-5-7-19(18)28-23)10-20(14)29-24-17-11-16(30-2)12-21(31-3)22(17)25-13-26-24/h4-13H,1-3H3,(H,27,28)(H,25,26,29). The SMILES string of the molecule is COc1cc(OC)c2ncnc(Nc3cc(-c4nc5ccccc5[nH]4)ccc3C)c2c1. The molecule has 31 heavy (non-hydrogen) atoms. The average Bonchev–Trinajstić information content (AvgIpc) is 3.24. The van der Waals surface area contributed by atoms with Gasteiger partial charge in [0.25, 0.3) is 0 Å². The molecule has 0 radical (unpaired) electrons. The van der Waals surface area contributed by atoms with Crippen LogP contribution in [0.1, 0.15) is 5.56 Å². The number of nitrogens with zero attached hydrogens (tertiary/aromatic N) is 3. The van der Waals surface area contributed by atoms with E-state index in [4.69, 9.17) is 14.5 Å². The molecule has 0 aliphatic rings. The van der Waals surface area contributed by atoms with Crippen LogP contribution < -0.4 is 14.8 Å². The molecule has 2 heterocycles. The molecule has 0 amide bonds. The van der Waals surface area contributed by atoms with Crippen LogP contribution in [0.4, 0.5) is 11.5 Å². The number of aryl methyl sites for hydroxylation is 1. The van der Waals surface area contributed by atoms with Crippen molar-refractivity contribution in [3.05, 3.63) is 66.5 Å². The molecule has 0 aliphatic carbocycles. The Bertz CT molecular complexity index is 1380. The van der Waals surface area contributed by atoms with E-state index in [0.29, 0.717) is 22.8 Å². The highest BCUT2D eigenvalue weighted by Gasteiger charge is 2.13. The molecule has 7 nitrogen and oxygen atoms in total. The first-order valence-electron chi connectivity index (χ1n) is 9.86. The van der Waals surface area contributed by atoms with Gasteiger partial charge in [0.15, 0.2) is 0 Å². The Labute approximate surface area is 179 Å². The molecule has 2 aromatic heterocycles. The van der Waals surface area contributed by atoms with Crippen molar-refractivity contribution in [3.63, 3.8) is 0 Å². The van der Waals surface area contributed by atoms with E-state index in [1.54, 1.807) is 14.2 Å². The van der Waals surface area contributed by atoms with Gasteiger partial charge in [0.05, 0.1) is 30.6 Å². The second kappa shape index (κ2) is 7.60. The maximum atomic E-state index is 5.49. The second-order valence-corrected chi connectivity index (χ2v) is 7.21.